The van der Waals surface area contributed by atoms with Crippen molar-refractivity contribution in [3.63, 3.8) is 0 Å². The van der Waals surface area contributed by atoms with Crippen LogP contribution in [0.2, 0.25) is 0 Å². The van der Waals surface area contributed by atoms with Crippen LogP contribution < -0.4 is 10.5 Å². The second-order valence-corrected chi connectivity index (χ2v) is 7.11. The summed E-state index contributed by atoms with van der Waals surface area (Å²) >= 11 is 0. The molecular formula is C23H18N4O4. The van der Waals surface area contributed by atoms with E-state index in [4.69, 9.17) is 20.0 Å². The molecule has 0 atom stereocenters. The van der Waals surface area contributed by atoms with Gasteiger partial charge in [0.2, 0.25) is 0 Å². The minimum Gasteiger partial charge on any atom is -0.489 e. The maximum absolute atomic E-state index is 11.1. The summed E-state index contributed by atoms with van der Waals surface area (Å²) in [4.78, 5) is 15.6. The van der Waals surface area contributed by atoms with E-state index in [1.165, 1.54) is 6.33 Å². The summed E-state index contributed by atoms with van der Waals surface area (Å²) < 4.78 is 13.3. The van der Waals surface area contributed by atoms with Gasteiger partial charge in [0.15, 0.2) is 0 Å². The first-order valence-corrected chi connectivity index (χ1v) is 9.61. The molecule has 0 aliphatic carbocycles. The van der Waals surface area contributed by atoms with Crippen molar-refractivity contribution in [3.8, 4) is 17.0 Å². The zero-order valence-corrected chi connectivity index (χ0v) is 16.4. The average molecular weight is 414 g/mol. The lowest BCUT2D eigenvalue weighted by Crippen LogP contribution is -2.04. The summed E-state index contributed by atoms with van der Waals surface area (Å²) in [5.74, 6) is 0.156. The Morgan fingerprint density at radius 2 is 2.03 bits per heavy atom. The van der Waals surface area contributed by atoms with Gasteiger partial charge in [0.1, 0.15) is 35.8 Å². The molecule has 0 saturated heterocycles. The number of benzene rings is 2. The van der Waals surface area contributed by atoms with Crippen LogP contribution in [0.1, 0.15) is 11.1 Å². The number of nitrogens with zero attached hydrogens (tertiary/aromatic N) is 3. The topological polar surface area (TPSA) is 116 Å². The van der Waals surface area contributed by atoms with Crippen LogP contribution in [0.4, 0.5) is 5.82 Å². The van der Waals surface area contributed by atoms with Crippen molar-refractivity contribution in [1.29, 1.82) is 0 Å². The molecule has 0 unspecified atom stereocenters. The number of carboxylic acids is 1. The van der Waals surface area contributed by atoms with Gasteiger partial charge in [-0.1, -0.05) is 18.2 Å². The number of aromatic nitrogens is 3. The predicted molar refractivity (Wildman–Crippen MR) is 115 cm³/mol. The number of para-hydroxylation sites is 1. The van der Waals surface area contributed by atoms with E-state index < -0.39 is 5.97 Å². The van der Waals surface area contributed by atoms with Gasteiger partial charge >= 0.3 is 5.97 Å². The number of carboxylic acid groups (broad SMARTS) is 1. The van der Waals surface area contributed by atoms with Crippen LogP contribution in [-0.2, 0) is 17.8 Å². The summed E-state index contributed by atoms with van der Waals surface area (Å²) in [6.07, 6.45) is 2.99. The first kappa shape index (κ1) is 18.7. The van der Waals surface area contributed by atoms with Crippen molar-refractivity contribution in [2.75, 3.05) is 5.73 Å². The van der Waals surface area contributed by atoms with Gasteiger partial charge in [-0.15, -0.1) is 0 Å². The Bertz CT molecular complexity index is 1420. The molecule has 5 rings (SSSR count). The van der Waals surface area contributed by atoms with Crippen molar-refractivity contribution < 1.29 is 19.1 Å². The summed E-state index contributed by atoms with van der Waals surface area (Å²) in [5, 5.41) is 14.2. The Hall–Kier alpha value is -4.33. The molecule has 0 bridgehead atoms. The number of nitrogen functional groups attached to an aromatic ring is 1. The van der Waals surface area contributed by atoms with Crippen molar-refractivity contribution in [2.24, 2.45) is 0 Å². The maximum Gasteiger partial charge on any atom is 0.307 e. The number of carbonyl (C=O) groups is 1. The van der Waals surface area contributed by atoms with Gasteiger partial charge < -0.3 is 20.0 Å². The molecule has 2 aromatic carbocycles. The minimum atomic E-state index is -0.905. The fraction of sp³-hybridized carbons (Fsp3) is 0.0870. The largest absolute Gasteiger partial charge is 0.489 e. The van der Waals surface area contributed by atoms with E-state index in [1.807, 2.05) is 30.3 Å². The molecule has 3 aromatic heterocycles. The summed E-state index contributed by atoms with van der Waals surface area (Å²) in [5.41, 5.74) is 10.5. The molecule has 8 nitrogen and oxygen atoms in total. The van der Waals surface area contributed by atoms with E-state index >= 15 is 0 Å². The molecule has 3 heterocycles. The highest BCUT2D eigenvalue weighted by Gasteiger charge is 2.16. The molecule has 0 aliphatic rings. The van der Waals surface area contributed by atoms with Gasteiger partial charge in [0.25, 0.3) is 0 Å². The van der Waals surface area contributed by atoms with Gasteiger partial charge in [-0.3, -0.25) is 4.79 Å². The number of furan rings is 1. The third-order valence-electron chi connectivity index (χ3n) is 5.06. The van der Waals surface area contributed by atoms with E-state index in [2.05, 4.69) is 10.1 Å². The standard InChI is InChI=1S/C23H18N4O4/c24-20-6-5-18-22(25-13-26-27(18)20)17-10-14(9-16-7-8-30-23(16)17)12-31-19-4-2-1-3-15(19)11-21(28)29/h1-10,13H,11-12,24H2,(H,28,29). The number of rotatable bonds is 6. The average Bonchev–Trinajstić information content (AvgIpc) is 3.39. The molecule has 31 heavy (non-hydrogen) atoms. The molecule has 0 amide bonds. The Morgan fingerprint density at radius 1 is 1.16 bits per heavy atom. The second-order valence-electron chi connectivity index (χ2n) is 7.11. The molecule has 0 radical (unpaired) electrons. The zero-order chi connectivity index (χ0) is 21.4. The fourth-order valence-corrected chi connectivity index (χ4v) is 3.68. The predicted octanol–water partition coefficient (Wildman–Crippen LogP) is 3.93. The van der Waals surface area contributed by atoms with Crippen molar-refractivity contribution in [2.45, 2.75) is 13.0 Å². The highest BCUT2D eigenvalue weighted by molar-refractivity contribution is 5.96. The van der Waals surface area contributed by atoms with Gasteiger partial charge in [0.05, 0.1) is 18.2 Å². The van der Waals surface area contributed by atoms with Crippen LogP contribution in [0, 0.1) is 0 Å². The molecule has 0 fully saturated rings. The lowest BCUT2D eigenvalue weighted by molar-refractivity contribution is -0.136. The molecular weight excluding hydrogens is 396 g/mol. The highest BCUT2D eigenvalue weighted by Crippen LogP contribution is 2.33. The Labute approximate surface area is 176 Å². The number of ether oxygens (including phenoxy) is 1. The van der Waals surface area contributed by atoms with Crippen LogP contribution in [0.15, 0.2) is 71.6 Å². The highest BCUT2D eigenvalue weighted by atomic mass is 16.5. The van der Waals surface area contributed by atoms with E-state index in [-0.39, 0.29) is 13.0 Å². The fourth-order valence-electron chi connectivity index (χ4n) is 3.68. The van der Waals surface area contributed by atoms with Gasteiger partial charge in [-0.05, 0) is 42.0 Å². The van der Waals surface area contributed by atoms with Gasteiger partial charge in [-0.25, -0.2) is 9.50 Å². The first-order chi connectivity index (χ1) is 15.1. The van der Waals surface area contributed by atoms with Gasteiger partial charge in [0, 0.05) is 16.5 Å². The van der Waals surface area contributed by atoms with Crippen LogP contribution in [-0.4, -0.2) is 25.7 Å². The van der Waals surface area contributed by atoms with Crippen molar-refractivity contribution in [3.05, 3.63) is 78.3 Å². The number of nitrogens with two attached hydrogens (primary N) is 1. The quantitative estimate of drug-likeness (QED) is 0.432. The Morgan fingerprint density at radius 3 is 2.90 bits per heavy atom. The molecule has 8 heteroatoms. The first-order valence-electron chi connectivity index (χ1n) is 9.61. The van der Waals surface area contributed by atoms with Crippen molar-refractivity contribution >= 4 is 28.3 Å². The third-order valence-corrected chi connectivity index (χ3v) is 5.06. The second kappa shape index (κ2) is 7.49. The zero-order valence-electron chi connectivity index (χ0n) is 16.4. The summed E-state index contributed by atoms with van der Waals surface area (Å²) in [6.45, 7) is 0.259. The third kappa shape index (κ3) is 3.44. The minimum absolute atomic E-state index is 0.100. The smallest absolute Gasteiger partial charge is 0.307 e. The number of hydrogen-bond donors (Lipinski definition) is 2. The van der Waals surface area contributed by atoms with E-state index in [0.29, 0.717) is 28.4 Å². The lowest BCUT2D eigenvalue weighted by Gasteiger charge is -2.12. The number of aliphatic carboxylic acids is 1. The maximum atomic E-state index is 11.1. The van der Waals surface area contributed by atoms with Crippen LogP contribution in [0.5, 0.6) is 5.75 Å². The Balaban J connectivity index is 1.54. The lowest BCUT2D eigenvalue weighted by atomic mass is 10.0. The number of fused-ring (bicyclic) bond motifs is 2. The molecule has 0 spiro atoms. The van der Waals surface area contributed by atoms with E-state index in [1.54, 1.807) is 35.0 Å². The van der Waals surface area contributed by atoms with Crippen molar-refractivity contribution in [1.82, 2.24) is 14.6 Å². The van der Waals surface area contributed by atoms with Crippen LogP contribution in [0.25, 0.3) is 27.7 Å². The molecule has 0 aliphatic heterocycles. The SMILES string of the molecule is Nc1ccc2c(-c3cc(COc4ccccc4CC(=O)O)cc4ccoc34)ncnn12. The monoisotopic (exact) mass is 414 g/mol. The molecule has 3 N–H and O–H groups in total. The molecule has 5 aromatic rings. The Kier molecular flexibility index (Phi) is 4.51. The van der Waals surface area contributed by atoms with Gasteiger partial charge in [-0.2, -0.15) is 5.10 Å². The normalized spacial score (nSPS) is 11.2. The summed E-state index contributed by atoms with van der Waals surface area (Å²) in [7, 11) is 0. The number of anilines is 1. The van der Waals surface area contributed by atoms with Crippen LogP contribution >= 0.6 is 0 Å². The van der Waals surface area contributed by atoms with E-state index in [9.17, 15) is 4.79 Å². The number of hydrogen-bond acceptors (Lipinski definition) is 6. The van der Waals surface area contributed by atoms with Crippen LogP contribution in [0.3, 0.4) is 0 Å². The van der Waals surface area contributed by atoms with E-state index in [0.717, 1.165) is 22.0 Å². The molecule has 0 saturated carbocycles. The summed E-state index contributed by atoms with van der Waals surface area (Å²) in [6, 6.07) is 16.6. The molecule has 154 valence electrons.